The molecule has 9 heteroatoms. The second-order valence-electron chi connectivity index (χ2n) is 8.36. The molecule has 2 aromatic carbocycles. The van der Waals surface area contributed by atoms with Crippen LogP contribution in [0.1, 0.15) is 27.4 Å². The molecule has 0 fully saturated rings. The number of hydrogen-bond acceptors (Lipinski definition) is 6. The van der Waals surface area contributed by atoms with Crippen LogP contribution in [0.4, 0.5) is 11.5 Å². The van der Waals surface area contributed by atoms with Crippen molar-refractivity contribution in [2.75, 3.05) is 10.6 Å². The predicted octanol–water partition coefficient (Wildman–Crippen LogP) is 3.46. The van der Waals surface area contributed by atoms with Gasteiger partial charge in [0.1, 0.15) is 11.6 Å². The van der Waals surface area contributed by atoms with Crippen molar-refractivity contribution in [1.82, 2.24) is 14.5 Å². The molecule has 3 aromatic heterocycles. The molecule has 0 radical (unpaired) electrons. The Hall–Kier alpha value is -4.92. The van der Waals surface area contributed by atoms with Gasteiger partial charge in [-0.3, -0.25) is 29.0 Å². The summed E-state index contributed by atoms with van der Waals surface area (Å²) in [6.07, 6.45) is 1.48. The quantitative estimate of drug-likeness (QED) is 0.382. The van der Waals surface area contributed by atoms with Crippen LogP contribution in [0, 0.1) is 6.92 Å². The Bertz CT molecular complexity index is 1670. The zero-order valence-corrected chi connectivity index (χ0v) is 19.5. The third kappa shape index (κ3) is 4.29. The predicted molar refractivity (Wildman–Crippen MR) is 137 cm³/mol. The molecule has 3 heterocycles. The molecule has 9 nitrogen and oxygen atoms in total. The fourth-order valence-electron chi connectivity index (χ4n) is 4.20. The van der Waals surface area contributed by atoms with Crippen LogP contribution >= 0.6 is 0 Å². The topological polar surface area (TPSA) is 127 Å². The van der Waals surface area contributed by atoms with Crippen molar-refractivity contribution in [1.29, 1.82) is 0 Å². The zero-order chi connectivity index (χ0) is 25.2. The molecular weight excluding hydrogens is 458 g/mol. The van der Waals surface area contributed by atoms with Crippen molar-refractivity contribution in [2.45, 2.75) is 20.0 Å². The van der Waals surface area contributed by atoms with E-state index in [1.807, 2.05) is 48.5 Å². The molecule has 3 N–H and O–H groups in total. The summed E-state index contributed by atoms with van der Waals surface area (Å²) in [5.74, 6) is -0.157. The van der Waals surface area contributed by atoms with Crippen molar-refractivity contribution in [3.8, 4) is 0 Å². The second-order valence-corrected chi connectivity index (χ2v) is 8.36. The van der Waals surface area contributed by atoms with E-state index in [4.69, 9.17) is 10.2 Å². The minimum atomic E-state index is -0.767. The van der Waals surface area contributed by atoms with Crippen LogP contribution in [0.5, 0.6) is 0 Å². The Morgan fingerprint density at radius 2 is 1.81 bits per heavy atom. The van der Waals surface area contributed by atoms with E-state index >= 15 is 0 Å². The highest BCUT2D eigenvalue weighted by atomic mass is 16.3. The van der Waals surface area contributed by atoms with Crippen LogP contribution in [0.25, 0.3) is 10.9 Å². The molecule has 5 aromatic rings. The van der Waals surface area contributed by atoms with Crippen LogP contribution in [0.2, 0.25) is 0 Å². The number of H-pyrrole nitrogens is 1. The highest BCUT2D eigenvalue weighted by Gasteiger charge is 2.28. The normalized spacial score (nSPS) is 11.0. The number of anilines is 2. The molecule has 0 aliphatic carbocycles. The monoisotopic (exact) mass is 481 g/mol. The van der Waals surface area contributed by atoms with E-state index in [1.54, 1.807) is 31.2 Å². The summed E-state index contributed by atoms with van der Waals surface area (Å²) in [6.45, 7) is 1.84. The molecule has 0 spiro atoms. The fourth-order valence-corrected chi connectivity index (χ4v) is 4.20. The van der Waals surface area contributed by atoms with Crippen molar-refractivity contribution < 1.29 is 9.21 Å². The number of fused-ring (bicyclic) bond motifs is 1. The van der Waals surface area contributed by atoms with Gasteiger partial charge in [-0.05, 0) is 36.8 Å². The second kappa shape index (κ2) is 9.38. The molecule has 1 amide bonds. The van der Waals surface area contributed by atoms with E-state index in [1.165, 1.54) is 15.7 Å². The molecule has 0 bridgehead atoms. The van der Waals surface area contributed by atoms with Crippen LogP contribution in [-0.2, 0) is 13.1 Å². The number of para-hydroxylation sites is 1. The highest BCUT2D eigenvalue weighted by molar-refractivity contribution is 6.14. The number of amides is 1. The summed E-state index contributed by atoms with van der Waals surface area (Å²) in [6, 6.07) is 21.5. The lowest BCUT2D eigenvalue weighted by molar-refractivity contribution is 0.0984. The number of benzene rings is 2. The lowest BCUT2D eigenvalue weighted by Gasteiger charge is -2.24. The average Bonchev–Trinajstić information content (AvgIpc) is 3.39. The van der Waals surface area contributed by atoms with Crippen molar-refractivity contribution in [2.24, 2.45) is 0 Å². The smallest absolute Gasteiger partial charge is 0.330 e. The van der Waals surface area contributed by atoms with Gasteiger partial charge in [-0.2, -0.15) is 0 Å². The number of aromatic amines is 1. The molecule has 36 heavy (non-hydrogen) atoms. The number of nitrogen functional groups attached to an aromatic ring is 1. The number of aromatic nitrogens is 3. The first-order valence-corrected chi connectivity index (χ1v) is 11.3. The molecule has 0 saturated heterocycles. The van der Waals surface area contributed by atoms with Gasteiger partial charge < -0.3 is 10.2 Å². The maximum absolute atomic E-state index is 14.1. The number of carbonyl (C=O) groups excluding carboxylic acids is 1. The van der Waals surface area contributed by atoms with E-state index in [2.05, 4.69) is 9.97 Å². The number of furan rings is 1. The molecule has 180 valence electrons. The number of aryl methyl sites for hydroxylation is 1. The maximum Gasteiger partial charge on any atom is 0.330 e. The highest BCUT2D eigenvalue weighted by Crippen LogP contribution is 2.26. The first-order chi connectivity index (χ1) is 17.4. The SMILES string of the molecule is Cc1cc(C(=O)N(Cc2ccco2)c2c(N)n(Cc3ccccc3)c(=O)[nH]c2=O)c2ccccc2n1. The Morgan fingerprint density at radius 3 is 2.56 bits per heavy atom. The summed E-state index contributed by atoms with van der Waals surface area (Å²) in [4.78, 5) is 48.0. The maximum atomic E-state index is 14.1. The van der Waals surface area contributed by atoms with Gasteiger partial charge in [-0.25, -0.2) is 4.79 Å². The summed E-state index contributed by atoms with van der Waals surface area (Å²) >= 11 is 0. The molecule has 0 aliphatic rings. The minimum Gasteiger partial charge on any atom is -0.467 e. The molecule has 0 unspecified atom stereocenters. The lowest BCUT2D eigenvalue weighted by atomic mass is 10.1. The number of pyridine rings is 1. The summed E-state index contributed by atoms with van der Waals surface area (Å²) in [5, 5.41) is 0.630. The number of nitrogens with zero attached hydrogens (tertiary/aromatic N) is 3. The molecule has 5 rings (SSSR count). The van der Waals surface area contributed by atoms with Gasteiger partial charge in [0.2, 0.25) is 0 Å². The van der Waals surface area contributed by atoms with Crippen LogP contribution in [-0.4, -0.2) is 20.4 Å². The molecule has 0 saturated carbocycles. The van der Waals surface area contributed by atoms with Crippen molar-refractivity contribution >= 4 is 28.3 Å². The number of hydrogen-bond donors (Lipinski definition) is 2. The van der Waals surface area contributed by atoms with Gasteiger partial charge in [0, 0.05) is 11.1 Å². The van der Waals surface area contributed by atoms with Gasteiger partial charge in [0.25, 0.3) is 11.5 Å². The van der Waals surface area contributed by atoms with E-state index in [0.717, 1.165) is 5.56 Å². The Labute approximate surface area is 205 Å². The Morgan fingerprint density at radius 1 is 1.06 bits per heavy atom. The average molecular weight is 482 g/mol. The summed E-state index contributed by atoms with van der Waals surface area (Å²) < 4.78 is 6.72. The summed E-state index contributed by atoms with van der Waals surface area (Å²) in [5.41, 5.74) is 7.31. The van der Waals surface area contributed by atoms with Crippen LogP contribution < -0.4 is 21.9 Å². The Balaban J connectivity index is 1.69. The number of rotatable bonds is 6. The number of nitrogens with one attached hydrogen (secondary N) is 1. The fraction of sp³-hybridized carbons (Fsp3) is 0.111. The van der Waals surface area contributed by atoms with Gasteiger partial charge >= 0.3 is 5.69 Å². The van der Waals surface area contributed by atoms with Gasteiger partial charge in [0.05, 0.1) is 30.4 Å². The third-order valence-corrected chi connectivity index (χ3v) is 5.88. The van der Waals surface area contributed by atoms with Crippen LogP contribution in [0.3, 0.4) is 0 Å². The van der Waals surface area contributed by atoms with E-state index in [-0.39, 0.29) is 24.6 Å². The third-order valence-electron chi connectivity index (χ3n) is 5.88. The number of nitrogens with two attached hydrogens (primary N) is 1. The number of carbonyl (C=O) groups is 1. The van der Waals surface area contributed by atoms with E-state index < -0.39 is 17.2 Å². The van der Waals surface area contributed by atoms with E-state index in [9.17, 15) is 14.4 Å². The van der Waals surface area contributed by atoms with Crippen molar-refractivity contribution in [3.05, 3.63) is 122 Å². The molecule has 0 aliphatic heterocycles. The first kappa shape index (κ1) is 22.9. The van der Waals surface area contributed by atoms with Gasteiger partial charge in [0.15, 0.2) is 5.69 Å². The van der Waals surface area contributed by atoms with Crippen LogP contribution in [0.15, 0.2) is 93.1 Å². The molecule has 0 atom stereocenters. The Kier molecular flexibility index (Phi) is 5.95. The summed E-state index contributed by atoms with van der Waals surface area (Å²) in [7, 11) is 0. The zero-order valence-electron chi connectivity index (χ0n) is 19.5. The largest absolute Gasteiger partial charge is 0.467 e. The van der Waals surface area contributed by atoms with Gasteiger partial charge in [-0.15, -0.1) is 0 Å². The first-order valence-electron chi connectivity index (χ1n) is 11.3. The van der Waals surface area contributed by atoms with E-state index in [0.29, 0.717) is 27.9 Å². The standard InChI is InChI=1S/C27H23N5O4/c1-17-14-21(20-11-5-6-12-22(20)29-17)26(34)31(16-19-10-7-13-36-19)23-24(28)32(27(35)30-25(23)33)15-18-8-3-2-4-9-18/h2-14H,15-16,28H2,1H3,(H,30,33,35). The van der Waals surface area contributed by atoms with Crippen molar-refractivity contribution in [3.63, 3.8) is 0 Å². The van der Waals surface area contributed by atoms with Gasteiger partial charge in [-0.1, -0.05) is 48.5 Å². The minimum absolute atomic E-state index is 0.0711. The lowest BCUT2D eigenvalue weighted by Crippen LogP contribution is -2.41. The molecular formula is C27H23N5O4.